The van der Waals surface area contributed by atoms with E-state index >= 15 is 0 Å². The molecule has 11 nitrogen and oxygen atoms in total. The van der Waals surface area contributed by atoms with Gasteiger partial charge in [0.2, 0.25) is 11.8 Å². The molecule has 26 heavy (non-hydrogen) atoms. The van der Waals surface area contributed by atoms with Gasteiger partial charge in [-0.3, -0.25) is 19.1 Å². The smallest absolute Gasteiger partial charge is 0.488 e. The number of thioether (sulfide) groups is 2. The molecule has 2 atom stereocenters. The van der Waals surface area contributed by atoms with Gasteiger partial charge in [-0.2, -0.15) is 0 Å². The molecule has 1 amide bonds. The first kappa shape index (κ1) is 18.5. The number of hydrogen-bond donors (Lipinski definition) is 3. The summed E-state index contributed by atoms with van der Waals surface area (Å²) in [5.74, 6) is -0.505. The summed E-state index contributed by atoms with van der Waals surface area (Å²) >= 11 is 2.53. The fourth-order valence-corrected chi connectivity index (χ4v) is 4.93. The molecule has 0 bridgehead atoms. The van der Waals surface area contributed by atoms with Crippen molar-refractivity contribution in [1.82, 2.24) is 19.7 Å². The summed E-state index contributed by atoms with van der Waals surface area (Å²) in [5.41, 5.74) is 5.62. The van der Waals surface area contributed by atoms with E-state index < -0.39 is 29.5 Å². The van der Waals surface area contributed by atoms with Gasteiger partial charge in [0.1, 0.15) is 11.4 Å². The SMILES string of the molecule is CCn1c(SCC2=C(OC(=O)O)N3C(=O)C(N)[C@@H]3SC2)nnc(O)c1=O. The fourth-order valence-electron chi connectivity index (χ4n) is 2.54. The number of fused-ring (bicyclic) bond motifs is 1. The van der Waals surface area contributed by atoms with Crippen molar-refractivity contribution in [2.45, 2.75) is 30.0 Å². The molecule has 3 rings (SSSR count). The Morgan fingerprint density at radius 3 is 2.85 bits per heavy atom. The highest BCUT2D eigenvalue weighted by atomic mass is 32.2. The third-order valence-corrected chi connectivity index (χ3v) is 6.22. The number of ether oxygens (including phenoxy) is 1. The number of aromatic nitrogens is 3. The van der Waals surface area contributed by atoms with Gasteiger partial charge in [0.15, 0.2) is 5.16 Å². The van der Waals surface area contributed by atoms with Crippen LogP contribution in [0.4, 0.5) is 4.79 Å². The number of rotatable bonds is 5. The number of aromatic hydroxyl groups is 1. The Morgan fingerprint density at radius 2 is 2.19 bits per heavy atom. The van der Waals surface area contributed by atoms with Crippen LogP contribution in [0.15, 0.2) is 21.4 Å². The lowest BCUT2D eigenvalue weighted by Crippen LogP contribution is -2.68. The summed E-state index contributed by atoms with van der Waals surface area (Å²) in [6.07, 6.45) is -1.53. The van der Waals surface area contributed by atoms with Gasteiger partial charge in [0.25, 0.3) is 5.88 Å². The van der Waals surface area contributed by atoms with Gasteiger partial charge >= 0.3 is 11.7 Å². The number of nitrogens with zero attached hydrogens (tertiary/aromatic N) is 4. The number of carbonyl (C=O) groups excluding carboxylic acids is 1. The lowest BCUT2D eigenvalue weighted by atomic mass is 10.1. The van der Waals surface area contributed by atoms with Crippen molar-refractivity contribution in [3.05, 3.63) is 21.8 Å². The van der Waals surface area contributed by atoms with Gasteiger partial charge in [-0.25, -0.2) is 4.79 Å². The Hall–Kier alpha value is -2.25. The van der Waals surface area contributed by atoms with Gasteiger partial charge < -0.3 is 20.7 Å². The molecule has 0 saturated carbocycles. The lowest BCUT2D eigenvalue weighted by molar-refractivity contribution is -0.144. The first-order valence-corrected chi connectivity index (χ1v) is 9.50. The zero-order chi connectivity index (χ0) is 19.0. The first-order valence-electron chi connectivity index (χ1n) is 7.47. The Kier molecular flexibility index (Phi) is 5.11. The minimum Gasteiger partial charge on any atom is -0.488 e. The molecule has 3 heterocycles. The van der Waals surface area contributed by atoms with E-state index in [1.54, 1.807) is 6.92 Å². The summed E-state index contributed by atoms with van der Waals surface area (Å²) < 4.78 is 6.06. The molecule has 0 radical (unpaired) electrons. The average molecular weight is 401 g/mol. The van der Waals surface area contributed by atoms with Crippen molar-refractivity contribution in [2.75, 3.05) is 11.5 Å². The van der Waals surface area contributed by atoms with Crippen LogP contribution in [0.2, 0.25) is 0 Å². The second kappa shape index (κ2) is 7.17. The van der Waals surface area contributed by atoms with Crippen molar-refractivity contribution < 1.29 is 24.5 Å². The standard InChI is InChI=1S/C13H15N5O6S2/c1-2-17-9(21)7(19)15-16-12(17)26-4-5-3-25-11-6(14)8(20)18(11)10(5)24-13(22)23/h6,11H,2-4,14H2,1H3,(H,15,19)(H,22,23)/t6?,11-/m0/s1. The Balaban J connectivity index is 1.86. The molecule has 4 N–H and O–H groups in total. The van der Waals surface area contributed by atoms with Crippen LogP contribution in [0.5, 0.6) is 5.88 Å². The second-order valence-corrected chi connectivity index (χ2v) is 7.40. The van der Waals surface area contributed by atoms with Crippen LogP contribution < -0.4 is 11.3 Å². The molecule has 13 heteroatoms. The van der Waals surface area contributed by atoms with E-state index in [1.165, 1.54) is 21.2 Å². The Labute approximate surface area is 155 Å². The first-order chi connectivity index (χ1) is 12.3. The van der Waals surface area contributed by atoms with Crippen LogP contribution in [-0.2, 0) is 16.1 Å². The highest BCUT2D eigenvalue weighted by Crippen LogP contribution is 2.40. The number of β-lactam (4-membered cyclic amide) rings is 1. The number of carboxylic acid groups (broad SMARTS) is 1. The van der Waals surface area contributed by atoms with Crippen LogP contribution in [0.1, 0.15) is 6.92 Å². The quantitative estimate of drug-likeness (QED) is 0.334. The van der Waals surface area contributed by atoms with E-state index in [0.717, 1.165) is 11.8 Å². The van der Waals surface area contributed by atoms with Gasteiger partial charge in [-0.1, -0.05) is 11.8 Å². The molecule has 0 aromatic carbocycles. The van der Waals surface area contributed by atoms with Gasteiger partial charge in [-0.05, 0) is 6.92 Å². The van der Waals surface area contributed by atoms with Crippen molar-refractivity contribution in [3.8, 4) is 5.88 Å². The number of nitrogens with two attached hydrogens (primary N) is 1. The highest BCUT2D eigenvalue weighted by Gasteiger charge is 2.51. The third-order valence-electron chi connectivity index (χ3n) is 3.81. The maximum Gasteiger partial charge on any atom is 0.512 e. The average Bonchev–Trinajstić information content (AvgIpc) is 2.61. The van der Waals surface area contributed by atoms with E-state index in [-0.39, 0.29) is 28.7 Å². The maximum atomic E-state index is 12.0. The van der Waals surface area contributed by atoms with Crippen LogP contribution in [-0.4, -0.2) is 64.9 Å². The molecule has 0 aliphatic carbocycles. The molecule has 1 unspecified atom stereocenters. The molecule has 1 saturated heterocycles. The summed E-state index contributed by atoms with van der Waals surface area (Å²) in [4.78, 5) is 36.1. The van der Waals surface area contributed by atoms with Crippen LogP contribution >= 0.6 is 23.5 Å². The molecule has 0 spiro atoms. The summed E-state index contributed by atoms with van der Waals surface area (Å²) in [6.45, 7) is 1.99. The van der Waals surface area contributed by atoms with Gasteiger partial charge in [0, 0.05) is 23.6 Å². The minimum atomic E-state index is -1.53. The van der Waals surface area contributed by atoms with Gasteiger partial charge in [-0.15, -0.1) is 22.0 Å². The van der Waals surface area contributed by atoms with E-state index in [2.05, 4.69) is 10.2 Å². The molecule has 2 aliphatic heterocycles. The van der Waals surface area contributed by atoms with E-state index in [1.807, 2.05) is 0 Å². The molecule has 1 aromatic heterocycles. The van der Waals surface area contributed by atoms with Crippen LogP contribution in [0.3, 0.4) is 0 Å². The highest BCUT2D eigenvalue weighted by molar-refractivity contribution is 8.01. The lowest BCUT2D eigenvalue weighted by Gasteiger charge is -2.47. The monoisotopic (exact) mass is 401 g/mol. The largest absolute Gasteiger partial charge is 0.512 e. The third kappa shape index (κ3) is 3.12. The molecule has 140 valence electrons. The van der Waals surface area contributed by atoms with E-state index in [9.17, 15) is 19.5 Å². The van der Waals surface area contributed by atoms with Crippen LogP contribution in [0, 0.1) is 0 Å². The molecular formula is C13H15N5O6S2. The summed E-state index contributed by atoms with van der Waals surface area (Å²) in [5, 5.41) is 25.4. The number of amides is 1. The predicted molar refractivity (Wildman–Crippen MR) is 91.6 cm³/mol. The van der Waals surface area contributed by atoms with Crippen LogP contribution in [0.25, 0.3) is 0 Å². The van der Waals surface area contributed by atoms with E-state index in [0.29, 0.717) is 11.3 Å². The van der Waals surface area contributed by atoms with Gasteiger partial charge in [0.05, 0.1) is 0 Å². The normalized spacial score (nSPS) is 22.1. The topological polar surface area (TPSA) is 161 Å². The van der Waals surface area contributed by atoms with Crippen molar-refractivity contribution in [2.24, 2.45) is 5.73 Å². The molecule has 2 aliphatic rings. The maximum absolute atomic E-state index is 12.0. The summed E-state index contributed by atoms with van der Waals surface area (Å²) in [6, 6.07) is -0.685. The second-order valence-electron chi connectivity index (χ2n) is 5.36. The Morgan fingerprint density at radius 1 is 1.46 bits per heavy atom. The molecular weight excluding hydrogens is 386 g/mol. The number of hydrogen-bond acceptors (Lipinski definition) is 10. The van der Waals surface area contributed by atoms with Crippen molar-refractivity contribution in [3.63, 3.8) is 0 Å². The summed E-state index contributed by atoms with van der Waals surface area (Å²) in [7, 11) is 0. The Bertz CT molecular complexity index is 856. The predicted octanol–water partition coefficient (Wildman–Crippen LogP) is -0.396. The fraction of sp³-hybridized carbons (Fsp3) is 0.462. The van der Waals surface area contributed by atoms with Crippen molar-refractivity contribution in [1.29, 1.82) is 0 Å². The zero-order valence-electron chi connectivity index (χ0n) is 13.5. The minimum absolute atomic E-state index is 0.0439. The van der Waals surface area contributed by atoms with Crippen molar-refractivity contribution >= 4 is 35.6 Å². The molecule has 1 fully saturated rings. The van der Waals surface area contributed by atoms with E-state index in [4.69, 9.17) is 15.6 Å². The molecule has 1 aromatic rings. The number of carbonyl (C=O) groups is 2. The zero-order valence-corrected chi connectivity index (χ0v) is 15.1.